The summed E-state index contributed by atoms with van der Waals surface area (Å²) in [5.41, 5.74) is 2.39. The lowest BCUT2D eigenvalue weighted by atomic mass is 10.2. The molecule has 1 atom stereocenters. The number of hydrogen-bond acceptors (Lipinski definition) is 4. The molecule has 0 spiro atoms. The quantitative estimate of drug-likeness (QED) is 0.622. The van der Waals surface area contributed by atoms with E-state index in [0.717, 1.165) is 19.5 Å². The van der Waals surface area contributed by atoms with Crippen molar-refractivity contribution in [2.75, 3.05) is 20.1 Å². The lowest BCUT2D eigenvalue weighted by Gasteiger charge is -2.17. The van der Waals surface area contributed by atoms with Crippen LogP contribution in [0.5, 0.6) is 0 Å². The fourth-order valence-electron chi connectivity index (χ4n) is 3.15. The SMILES string of the molecule is CC(C(=O)NCCCN(C)Cc1ccccc1)n1c(=O)oc2ccccc21. The van der Waals surface area contributed by atoms with Crippen molar-refractivity contribution in [1.29, 1.82) is 0 Å². The van der Waals surface area contributed by atoms with Crippen LogP contribution in [-0.2, 0) is 11.3 Å². The number of nitrogens with zero attached hydrogens (tertiary/aromatic N) is 2. The second kappa shape index (κ2) is 8.68. The predicted molar refractivity (Wildman–Crippen MR) is 106 cm³/mol. The third-order valence-corrected chi connectivity index (χ3v) is 4.60. The molecule has 1 N–H and O–H groups in total. The van der Waals surface area contributed by atoms with Crippen LogP contribution in [0.3, 0.4) is 0 Å². The van der Waals surface area contributed by atoms with Crippen LogP contribution in [0.15, 0.2) is 63.8 Å². The van der Waals surface area contributed by atoms with Gasteiger partial charge >= 0.3 is 5.76 Å². The third-order valence-electron chi connectivity index (χ3n) is 4.60. The van der Waals surface area contributed by atoms with E-state index in [1.807, 2.05) is 24.3 Å². The van der Waals surface area contributed by atoms with Gasteiger partial charge in [-0.3, -0.25) is 9.36 Å². The molecule has 0 bridgehead atoms. The molecule has 0 aliphatic carbocycles. The van der Waals surface area contributed by atoms with Crippen LogP contribution < -0.4 is 11.1 Å². The Kier molecular flexibility index (Phi) is 6.08. The van der Waals surface area contributed by atoms with Gasteiger partial charge in [0.2, 0.25) is 5.91 Å². The van der Waals surface area contributed by atoms with Crippen molar-refractivity contribution in [1.82, 2.24) is 14.8 Å². The van der Waals surface area contributed by atoms with Crippen LogP contribution in [0.2, 0.25) is 0 Å². The predicted octanol–water partition coefficient (Wildman–Crippen LogP) is 2.79. The van der Waals surface area contributed by atoms with Gasteiger partial charge in [0.05, 0.1) is 5.52 Å². The van der Waals surface area contributed by atoms with Gasteiger partial charge in [-0.25, -0.2) is 4.79 Å². The van der Waals surface area contributed by atoms with E-state index in [4.69, 9.17) is 4.42 Å². The number of amides is 1. The van der Waals surface area contributed by atoms with E-state index in [-0.39, 0.29) is 5.91 Å². The highest BCUT2D eigenvalue weighted by Gasteiger charge is 2.20. The summed E-state index contributed by atoms with van der Waals surface area (Å²) in [7, 11) is 2.06. The number of hydrogen-bond donors (Lipinski definition) is 1. The molecule has 0 aliphatic heterocycles. The highest BCUT2D eigenvalue weighted by Crippen LogP contribution is 2.16. The molecule has 0 aliphatic rings. The number of aromatic nitrogens is 1. The molecule has 1 amide bonds. The maximum atomic E-state index is 12.4. The first-order valence-corrected chi connectivity index (χ1v) is 9.16. The van der Waals surface area contributed by atoms with Gasteiger partial charge in [0.1, 0.15) is 6.04 Å². The minimum absolute atomic E-state index is 0.186. The van der Waals surface area contributed by atoms with E-state index in [1.165, 1.54) is 10.1 Å². The molecule has 1 aromatic heterocycles. The highest BCUT2D eigenvalue weighted by molar-refractivity contribution is 5.82. The number of fused-ring (bicyclic) bond motifs is 1. The zero-order valence-corrected chi connectivity index (χ0v) is 15.7. The van der Waals surface area contributed by atoms with E-state index in [2.05, 4.69) is 29.4 Å². The van der Waals surface area contributed by atoms with E-state index in [1.54, 1.807) is 25.1 Å². The van der Waals surface area contributed by atoms with Crippen LogP contribution in [0.4, 0.5) is 0 Å². The van der Waals surface area contributed by atoms with Gasteiger partial charge in [-0.1, -0.05) is 42.5 Å². The van der Waals surface area contributed by atoms with E-state index in [0.29, 0.717) is 17.6 Å². The van der Waals surface area contributed by atoms with Gasteiger partial charge in [0.15, 0.2) is 5.58 Å². The summed E-state index contributed by atoms with van der Waals surface area (Å²) >= 11 is 0. The molecule has 0 fully saturated rings. The number of oxazole rings is 1. The Balaban J connectivity index is 1.49. The summed E-state index contributed by atoms with van der Waals surface area (Å²) in [6, 6.07) is 16.8. The first kappa shape index (κ1) is 18.9. The van der Waals surface area contributed by atoms with Crippen LogP contribution in [-0.4, -0.2) is 35.5 Å². The lowest BCUT2D eigenvalue weighted by Crippen LogP contribution is -2.35. The van der Waals surface area contributed by atoms with E-state index < -0.39 is 11.8 Å². The van der Waals surface area contributed by atoms with Crippen molar-refractivity contribution in [2.24, 2.45) is 0 Å². The maximum absolute atomic E-state index is 12.4. The summed E-state index contributed by atoms with van der Waals surface area (Å²) in [6.45, 7) is 4.02. The Morgan fingerprint density at radius 3 is 2.63 bits per heavy atom. The summed E-state index contributed by atoms with van der Waals surface area (Å²) in [4.78, 5) is 26.8. The number of carbonyl (C=O) groups excluding carboxylic acids is 1. The Labute approximate surface area is 158 Å². The molecule has 142 valence electrons. The number of rotatable bonds is 8. The molecule has 6 heteroatoms. The second-order valence-electron chi connectivity index (χ2n) is 6.75. The third kappa shape index (κ3) is 4.65. The van der Waals surface area contributed by atoms with Crippen LogP contribution in [0, 0.1) is 0 Å². The molecule has 0 saturated heterocycles. The van der Waals surface area contributed by atoms with Gasteiger partial charge in [-0.2, -0.15) is 0 Å². The van der Waals surface area contributed by atoms with Crippen molar-refractivity contribution in [3.8, 4) is 0 Å². The fraction of sp³-hybridized carbons (Fsp3) is 0.333. The number of carbonyl (C=O) groups is 1. The minimum atomic E-state index is -0.622. The number of para-hydroxylation sites is 2. The van der Waals surface area contributed by atoms with Gasteiger partial charge in [-0.15, -0.1) is 0 Å². The van der Waals surface area contributed by atoms with Gasteiger partial charge < -0.3 is 14.6 Å². The van der Waals surface area contributed by atoms with Crippen molar-refractivity contribution in [2.45, 2.75) is 25.9 Å². The summed E-state index contributed by atoms with van der Waals surface area (Å²) < 4.78 is 6.60. The minimum Gasteiger partial charge on any atom is -0.408 e. The van der Waals surface area contributed by atoms with E-state index in [9.17, 15) is 9.59 Å². The summed E-state index contributed by atoms with van der Waals surface area (Å²) in [6.07, 6.45) is 0.836. The fourth-order valence-corrected chi connectivity index (χ4v) is 3.15. The molecule has 1 heterocycles. The Hall–Kier alpha value is -2.86. The average molecular weight is 367 g/mol. The van der Waals surface area contributed by atoms with Crippen molar-refractivity contribution in [3.05, 3.63) is 70.7 Å². The molecule has 0 radical (unpaired) electrons. The van der Waals surface area contributed by atoms with E-state index >= 15 is 0 Å². The molecule has 3 rings (SSSR count). The molecule has 27 heavy (non-hydrogen) atoms. The number of benzene rings is 2. The highest BCUT2D eigenvalue weighted by atomic mass is 16.4. The zero-order chi connectivity index (χ0) is 19.2. The number of nitrogens with one attached hydrogen (secondary N) is 1. The normalized spacial score (nSPS) is 12.4. The second-order valence-corrected chi connectivity index (χ2v) is 6.75. The Morgan fingerprint density at radius 2 is 1.85 bits per heavy atom. The van der Waals surface area contributed by atoms with Crippen molar-refractivity contribution < 1.29 is 9.21 Å². The van der Waals surface area contributed by atoms with Gasteiger partial charge in [0.25, 0.3) is 0 Å². The van der Waals surface area contributed by atoms with Crippen LogP contribution in [0.25, 0.3) is 11.1 Å². The molecule has 2 aromatic carbocycles. The van der Waals surface area contributed by atoms with Gasteiger partial charge in [-0.05, 0) is 44.6 Å². The smallest absolute Gasteiger partial charge is 0.408 e. The summed E-state index contributed by atoms with van der Waals surface area (Å²) in [5.74, 6) is -0.698. The molecule has 1 unspecified atom stereocenters. The van der Waals surface area contributed by atoms with Crippen molar-refractivity contribution in [3.63, 3.8) is 0 Å². The summed E-state index contributed by atoms with van der Waals surface area (Å²) in [5, 5.41) is 2.91. The monoisotopic (exact) mass is 367 g/mol. The molecule has 6 nitrogen and oxygen atoms in total. The molecular formula is C21H25N3O3. The molecular weight excluding hydrogens is 342 g/mol. The standard InChI is InChI=1S/C21H25N3O3/c1-16(24-18-11-6-7-12-19(18)27-21(24)26)20(25)22-13-8-14-23(2)15-17-9-4-3-5-10-17/h3-7,9-12,16H,8,13-15H2,1-2H3,(H,22,25). The van der Waals surface area contributed by atoms with Crippen LogP contribution in [0.1, 0.15) is 24.9 Å². The van der Waals surface area contributed by atoms with Crippen molar-refractivity contribution >= 4 is 17.0 Å². The van der Waals surface area contributed by atoms with Gasteiger partial charge in [0, 0.05) is 13.1 Å². The molecule has 3 aromatic rings. The first-order valence-electron chi connectivity index (χ1n) is 9.16. The largest absolute Gasteiger partial charge is 0.420 e. The topological polar surface area (TPSA) is 67.5 Å². The zero-order valence-electron chi connectivity index (χ0n) is 15.7. The maximum Gasteiger partial charge on any atom is 0.420 e. The average Bonchev–Trinajstić information content (AvgIpc) is 3.01. The molecule has 0 saturated carbocycles. The Bertz CT molecular complexity index is 946. The van der Waals surface area contributed by atoms with Crippen LogP contribution >= 0.6 is 0 Å². The Morgan fingerprint density at radius 1 is 1.15 bits per heavy atom. The first-order chi connectivity index (χ1) is 13.1. The lowest BCUT2D eigenvalue weighted by molar-refractivity contribution is -0.123.